The number of aromatic nitrogens is 1. The van der Waals surface area contributed by atoms with Crippen LogP contribution in [0, 0.1) is 13.8 Å². The van der Waals surface area contributed by atoms with Crippen LogP contribution in [0.5, 0.6) is 0 Å². The lowest BCUT2D eigenvalue weighted by molar-refractivity contribution is 0.248. The van der Waals surface area contributed by atoms with Gasteiger partial charge in [-0.25, -0.2) is 0 Å². The van der Waals surface area contributed by atoms with Gasteiger partial charge in [0.2, 0.25) is 0 Å². The molecule has 0 aliphatic rings. The molecule has 1 heterocycles. The average molecular weight is 410 g/mol. The molecule has 2 aromatic carbocycles. The standard InChI is InChI=1S/C23H27N3O2S/c1-4-17-7-9-19(10-8-17)24-23(29)26(11-12-27)14-18-13-20-15(2)5-6-16(3)21(20)25-22(18)28/h5-10,13,27H,4,11-12,14H2,1-3H3,(H,24,29)(H,25,28). The fraction of sp³-hybridized carbons (Fsp3) is 0.304. The van der Waals surface area contributed by atoms with Crippen LogP contribution < -0.4 is 10.9 Å². The zero-order chi connectivity index (χ0) is 21.0. The van der Waals surface area contributed by atoms with Gasteiger partial charge in [-0.2, -0.15) is 0 Å². The number of aliphatic hydroxyl groups excluding tert-OH is 1. The Morgan fingerprint density at radius 3 is 2.48 bits per heavy atom. The lowest BCUT2D eigenvalue weighted by Gasteiger charge is -2.25. The highest BCUT2D eigenvalue weighted by Gasteiger charge is 2.14. The van der Waals surface area contributed by atoms with Crippen molar-refractivity contribution in [2.24, 2.45) is 0 Å². The summed E-state index contributed by atoms with van der Waals surface area (Å²) in [5.74, 6) is 0. The van der Waals surface area contributed by atoms with Crippen molar-refractivity contribution in [3.05, 3.63) is 75.1 Å². The highest BCUT2D eigenvalue weighted by Crippen LogP contribution is 2.20. The maximum Gasteiger partial charge on any atom is 0.253 e. The predicted molar refractivity (Wildman–Crippen MR) is 124 cm³/mol. The number of aryl methyl sites for hydroxylation is 3. The highest BCUT2D eigenvalue weighted by molar-refractivity contribution is 7.80. The monoisotopic (exact) mass is 409 g/mol. The molecule has 0 unspecified atom stereocenters. The molecule has 3 N–H and O–H groups in total. The van der Waals surface area contributed by atoms with E-state index in [2.05, 4.69) is 35.4 Å². The van der Waals surface area contributed by atoms with Crippen molar-refractivity contribution in [3.8, 4) is 0 Å². The van der Waals surface area contributed by atoms with Gasteiger partial charge in [-0.1, -0.05) is 31.2 Å². The minimum Gasteiger partial charge on any atom is -0.395 e. The van der Waals surface area contributed by atoms with Crippen LogP contribution in [-0.4, -0.2) is 33.3 Å². The Bertz CT molecular complexity index is 1070. The maximum absolute atomic E-state index is 12.7. The van der Waals surface area contributed by atoms with Crippen LogP contribution >= 0.6 is 12.2 Å². The van der Waals surface area contributed by atoms with Crippen LogP contribution in [0.3, 0.4) is 0 Å². The molecule has 0 amide bonds. The molecule has 0 bridgehead atoms. The summed E-state index contributed by atoms with van der Waals surface area (Å²) < 4.78 is 0. The number of hydrogen-bond acceptors (Lipinski definition) is 3. The third-order valence-corrected chi connectivity index (χ3v) is 5.51. The van der Waals surface area contributed by atoms with E-state index in [0.29, 0.717) is 23.8 Å². The smallest absolute Gasteiger partial charge is 0.253 e. The number of pyridine rings is 1. The lowest BCUT2D eigenvalue weighted by Crippen LogP contribution is -2.37. The molecule has 1 aromatic heterocycles. The molecule has 6 heteroatoms. The van der Waals surface area contributed by atoms with Gasteiger partial charge in [0.05, 0.1) is 18.7 Å². The normalized spacial score (nSPS) is 10.9. The van der Waals surface area contributed by atoms with E-state index in [1.54, 1.807) is 0 Å². The first-order valence-corrected chi connectivity index (χ1v) is 10.2. The van der Waals surface area contributed by atoms with E-state index in [1.807, 2.05) is 43.0 Å². The molecule has 0 atom stereocenters. The zero-order valence-electron chi connectivity index (χ0n) is 17.1. The fourth-order valence-corrected chi connectivity index (χ4v) is 3.61. The molecular weight excluding hydrogens is 382 g/mol. The van der Waals surface area contributed by atoms with Gasteiger partial charge >= 0.3 is 0 Å². The number of nitrogens with zero attached hydrogens (tertiary/aromatic N) is 1. The van der Waals surface area contributed by atoms with Gasteiger partial charge < -0.3 is 20.3 Å². The second-order valence-electron chi connectivity index (χ2n) is 7.24. The highest BCUT2D eigenvalue weighted by atomic mass is 32.1. The molecule has 0 aliphatic heterocycles. The number of nitrogens with one attached hydrogen (secondary N) is 2. The topological polar surface area (TPSA) is 68.4 Å². The Kier molecular flexibility index (Phi) is 6.67. The molecular formula is C23H27N3O2S. The van der Waals surface area contributed by atoms with Gasteiger partial charge in [-0.15, -0.1) is 0 Å². The van der Waals surface area contributed by atoms with Crippen LogP contribution in [0.4, 0.5) is 5.69 Å². The van der Waals surface area contributed by atoms with Gasteiger partial charge in [0, 0.05) is 23.2 Å². The molecule has 0 saturated heterocycles. The number of hydrogen-bond donors (Lipinski definition) is 3. The fourth-order valence-electron chi connectivity index (χ4n) is 3.34. The number of fused-ring (bicyclic) bond motifs is 1. The predicted octanol–water partition coefficient (Wildman–Crippen LogP) is 3.90. The number of anilines is 1. The number of aliphatic hydroxyl groups is 1. The van der Waals surface area contributed by atoms with E-state index >= 15 is 0 Å². The summed E-state index contributed by atoms with van der Waals surface area (Å²) in [6.45, 7) is 6.72. The molecule has 0 saturated carbocycles. The zero-order valence-corrected chi connectivity index (χ0v) is 17.9. The molecule has 0 fully saturated rings. The Balaban J connectivity index is 1.86. The van der Waals surface area contributed by atoms with Crippen molar-refractivity contribution in [3.63, 3.8) is 0 Å². The largest absolute Gasteiger partial charge is 0.395 e. The molecule has 5 nitrogen and oxygen atoms in total. The van der Waals surface area contributed by atoms with Crippen LogP contribution in [0.15, 0.2) is 47.3 Å². The van der Waals surface area contributed by atoms with E-state index < -0.39 is 0 Å². The second kappa shape index (κ2) is 9.20. The van der Waals surface area contributed by atoms with Gasteiger partial charge in [-0.3, -0.25) is 4.79 Å². The molecule has 0 radical (unpaired) electrons. The van der Waals surface area contributed by atoms with Gasteiger partial charge in [0.1, 0.15) is 0 Å². The van der Waals surface area contributed by atoms with E-state index in [0.717, 1.165) is 34.1 Å². The molecule has 3 aromatic rings. The van der Waals surface area contributed by atoms with Crippen LogP contribution in [0.25, 0.3) is 10.9 Å². The lowest BCUT2D eigenvalue weighted by atomic mass is 10.0. The van der Waals surface area contributed by atoms with Crippen molar-refractivity contribution < 1.29 is 5.11 Å². The van der Waals surface area contributed by atoms with Gasteiger partial charge in [0.25, 0.3) is 5.56 Å². The van der Waals surface area contributed by atoms with Crippen molar-refractivity contribution in [2.45, 2.75) is 33.7 Å². The molecule has 0 aliphatic carbocycles. The van der Waals surface area contributed by atoms with E-state index in [9.17, 15) is 9.90 Å². The summed E-state index contributed by atoms with van der Waals surface area (Å²) in [4.78, 5) is 17.5. The van der Waals surface area contributed by atoms with E-state index in [-0.39, 0.29) is 12.2 Å². The quantitative estimate of drug-likeness (QED) is 0.539. The molecule has 152 valence electrons. The third-order valence-electron chi connectivity index (χ3n) is 5.15. The van der Waals surface area contributed by atoms with E-state index in [4.69, 9.17) is 12.2 Å². The first-order chi connectivity index (χ1) is 13.9. The number of rotatable bonds is 6. The minimum atomic E-state index is -0.135. The summed E-state index contributed by atoms with van der Waals surface area (Å²) in [6.07, 6.45) is 0.977. The van der Waals surface area contributed by atoms with Crippen molar-refractivity contribution in [1.29, 1.82) is 0 Å². The van der Waals surface area contributed by atoms with Crippen LogP contribution in [-0.2, 0) is 13.0 Å². The first-order valence-electron chi connectivity index (χ1n) is 9.80. The molecule has 0 spiro atoms. The van der Waals surface area contributed by atoms with Gasteiger partial charge in [-0.05, 0) is 67.4 Å². The van der Waals surface area contributed by atoms with Crippen molar-refractivity contribution >= 4 is 33.9 Å². The minimum absolute atomic E-state index is 0.0553. The Morgan fingerprint density at radius 1 is 1.14 bits per heavy atom. The molecule has 29 heavy (non-hydrogen) atoms. The summed E-state index contributed by atoms with van der Waals surface area (Å²) >= 11 is 5.56. The summed E-state index contributed by atoms with van der Waals surface area (Å²) in [5.41, 5.74) is 5.62. The number of H-pyrrole nitrogens is 1. The summed E-state index contributed by atoms with van der Waals surface area (Å²) in [6, 6.07) is 14.1. The third kappa shape index (κ3) is 4.83. The van der Waals surface area contributed by atoms with Gasteiger partial charge in [0.15, 0.2) is 5.11 Å². The Morgan fingerprint density at radius 2 is 1.83 bits per heavy atom. The van der Waals surface area contributed by atoms with Crippen LogP contribution in [0.1, 0.15) is 29.2 Å². The SMILES string of the molecule is CCc1ccc(NC(=S)N(CCO)Cc2cc3c(C)ccc(C)c3[nH]c2=O)cc1. The summed E-state index contributed by atoms with van der Waals surface area (Å²) in [5, 5.41) is 14.2. The molecule has 3 rings (SSSR count). The maximum atomic E-state index is 12.7. The average Bonchev–Trinajstić information content (AvgIpc) is 2.72. The van der Waals surface area contributed by atoms with Crippen molar-refractivity contribution in [2.75, 3.05) is 18.5 Å². The van der Waals surface area contributed by atoms with E-state index in [1.165, 1.54) is 5.56 Å². The first kappa shape index (κ1) is 21.0. The second-order valence-corrected chi connectivity index (χ2v) is 7.62. The Labute approximate surface area is 176 Å². The van der Waals surface area contributed by atoms with Crippen LogP contribution in [0.2, 0.25) is 0 Å². The van der Waals surface area contributed by atoms with Crippen molar-refractivity contribution in [1.82, 2.24) is 9.88 Å². The number of thiocarbonyl (C=S) groups is 1. The number of benzene rings is 2. The number of aromatic amines is 1. The Hall–Kier alpha value is -2.70. The summed E-state index contributed by atoms with van der Waals surface area (Å²) in [7, 11) is 0.